The number of benzene rings is 2. The molecule has 0 aliphatic carbocycles. The summed E-state index contributed by atoms with van der Waals surface area (Å²) in [6, 6.07) is 12.9. The highest BCUT2D eigenvalue weighted by atomic mass is 16.5. The zero-order valence-corrected chi connectivity index (χ0v) is 12.8. The molecule has 3 amide bonds. The predicted octanol–water partition coefficient (Wildman–Crippen LogP) is 2.84. The molecular formula is C17H20N2O3. The molecular weight excluding hydrogens is 280 g/mol. The first-order chi connectivity index (χ1) is 10.6. The molecule has 5 nitrogen and oxygen atoms in total. The van der Waals surface area contributed by atoms with Crippen LogP contribution in [0.5, 0.6) is 5.75 Å². The van der Waals surface area contributed by atoms with E-state index in [2.05, 4.69) is 10.6 Å². The summed E-state index contributed by atoms with van der Waals surface area (Å²) in [7, 11) is 0. The highest BCUT2D eigenvalue weighted by Gasteiger charge is 2.11. The van der Waals surface area contributed by atoms with Crippen LogP contribution in [0.15, 0.2) is 42.5 Å². The summed E-state index contributed by atoms with van der Waals surface area (Å²) in [5.74, 6) is 0.143. The molecule has 0 aliphatic heterocycles. The van der Waals surface area contributed by atoms with Crippen molar-refractivity contribution >= 4 is 22.7 Å². The van der Waals surface area contributed by atoms with E-state index in [0.29, 0.717) is 5.75 Å². The average Bonchev–Trinajstić information content (AvgIpc) is 2.52. The maximum Gasteiger partial charge on any atom is 0.321 e. The molecule has 2 N–H and O–H groups in total. The Morgan fingerprint density at radius 2 is 1.86 bits per heavy atom. The van der Waals surface area contributed by atoms with Crippen molar-refractivity contribution in [3.05, 3.63) is 42.5 Å². The molecule has 1 atom stereocenters. The molecule has 0 unspecified atom stereocenters. The Hall–Kier alpha value is -2.56. The normalized spacial score (nSPS) is 11.7. The third kappa shape index (κ3) is 4.22. The lowest BCUT2D eigenvalue weighted by Crippen LogP contribution is -2.44. The van der Waals surface area contributed by atoms with Gasteiger partial charge in [-0.1, -0.05) is 43.3 Å². The van der Waals surface area contributed by atoms with E-state index in [0.717, 1.165) is 17.2 Å². The van der Waals surface area contributed by atoms with Gasteiger partial charge in [0.05, 0.1) is 0 Å². The second-order valence-corrected chi connectivity index (χ2v) is 5.10. The van der Waals surface area contributed by atoms with Crippen LogP contribution in [0.2, 0.25) is 0 Å². The van der Waals surface area contributed by atoms with Gasteiger partial charge in [0.25, 0.3) is 5.91 Å². The van der Waals surface area contributed by atoms with E-state index in [1.807, 2.05) is 50.2 Å². The SMILES string of the molecule is CC[C@H](C)NC(=O)NC(=O)COc1cccc2ccccc12. The molecule has 0 heterocycles. The molecule has 5 heteroatoms. The van der Waals surface area contributed by atoms with Gasteiger partial charge in [-0.25, -0.2) is 4.79 Å². The molecule has 0 aliphatic rings. The Kier molecular flexibility index (Phi) is 5.36. The number of imide groups is 1. The molecule has 0 spiro atoms. The van der Waals surface area contributed by atoms with Gasteiger partial charge in [0.2, 0.25) is 0 Å². The van der Waals surface area contributed by atoms with Crippen molar-refractivity contribution < 1.29 is 14.3 Å². The fourth-order valence-electron chi connectivity index (χ4n) is 1.99. The number of carbonyl (C=O) groups is 2. The van der Waals surface area contributed by atoms with E-state index >= 15 is 0 Å². The lowest BCUT2D eigenvalue weighted by atomic mass is 10.1. The molecule has 2 aromatic carbocycles. The maximum absolute atomic E-state index is 11.7. The number of hydrogen-bond acceptors (Lipinski definition) is 3. The van der Waals surface area contributed by atoms with Crippen LogP contribution in [-0.4, -0.2) is 24.6 Å². The van der Waals surface area contributed by atoms with E-state index in [1.165, 1.54) is 0 Å². The molecule has 2 rings (SSSR count). The van der Waals surface area contributed by atoms with Crippen LogP contribution in [0.1, 0.15) is 20.3 Å². The Morgan fingerprint density at radius 3 is 2.64 bits per heavy atom. The van der Waals surface area contributed by atoms with Crippen molar-refractivity contribution in [1.29, 1.82) is 0 Å². The topological polar surface area (TPSA) is 67.4 Å². The van der Waals surface area contributed by atoms with E-state index in [4.69, 9.17) is 4.74 Å². The van der Waals surface area contributed by atoms with Crippen molar-refractivity contribution in [3.8, 4) is 5.75 Å². The van der Waals surface area contributed by atoms with Crippen molar-refractivity contribution in [1.82, 2.24) is 10.6 Å². The summed E-state index contributed by atoms with van der Waals surface area (Å²) < 4.78 is 5.52. The second-order valence-electron chi connectivity index (χ2n) is 5.10. The smallest absolute Gasteiger partial charge is 0.321 e. The van der Waals surface area contributed by atoms with Gasteiger partial charge in [0.15, 0.2) is 6.61 Å². The second kappa shape index (κ2) is 7.45. The number of carbonyl (C=O) groups excluding carboxylic acids is 2. The Morgan fingerprint density at radius 1 is 1.14 bits per heavy atom. The minimum absolute atomic E-state index is 0.0202. The summed E-state index contributed by atoms with van der Waals surface area (Å²) >= 11 is 0. The number of ether oxygens (including phenoxy) is 1. The van der Waals surface area contributed by atoms with Crippen molar-refractivity contribution in [2.24, 2.45) is 0 Å². The van der Waals surface area contributed by atoms with Gasteiger partial charge in [0.1, 0.15) is 5.75 Å². The van der Waals surface area contributed by atoms with Gasteiger partial charge < -0.3 is 10.1 Å². The number of nitrogens with one attached hydrogen (secondary N) is 2. The summed E-state index contributed by atoms with van der Waals surface area (Å²) in [6.07, 6.45) is 0.800. The minimum Gasteiger partial charge on any atom is -0.483 e. The van der Waals surface area contributed by atoms with Crippen LogP contribution in [0.4, 0.5) is 4.79 Å². The van der Waals surface area contributed by atoms with Gasteiger partial charge in [0, 0.05) is 11.4 Å². The van der Waals surface area contributed by atoms with Crippen molar-refractivity contribution in [2.45, 2.75) is 26.3 Å². The Balaban J connectivity index is 1.92. The first-order valence-electron chi connectivity index (χ1n) is 7.31. The van der Waals surface area contributed by atoms with E-state index in [-0.39, 0.29) is 12.6 Å². The highest BCUT2D eigenvalue weighted by Crippen LogP contribution is 2.24. The minimum atomic E-state index is -0.499. The number of fused-ring (bicyclic) bond motifs is 1. The van der Waals surface area contributed by atoms with Gasteiger partial charge >= 0.3 is 6.03 Å². The summed E-state index contributed by atoms with van der Waals surface area (Å²) in [5.41, 5.74) is 0. The summed E-state index contributed by atoms with van der Waals surface area (Å²) in [6.45, 7) is 3.62. The van der Waals surface area contributed by atoms with Crippen LogP contribution < -0.4 is 15.4 Å². The third-order valence-electron chi connectivity index (χ3n) is 3.35. The Bertz CT molecular complexity index is 665. The summed E-state index contributed by atoms with van der Waals surface area (Å²) in [5, 5.41) is 6.88. The van der Waals surface area contributed by atoms with Crippen molar-refractivity contribution in [2.75, 3.05) is 6.61 Å². The average molecular weight is 300 g/mol. The van der Waals surface area contributed by atoms with E-state index in [1.54, 1.807) is 6.07 Å². The number of rotatable bonds is 5. The standard InChI is InChI=1S/C17H20N2O3/c1-3-12(2)18-17(21)19-16(20)11-22-15-10-6-8-13-7-4-5-9-14(13)15/h4-10,12H,3,11H2,1-2H3,(H2,18,19,20,21)/t12-/m0/s1. The van der Waals surface area contributed by atoms with Crippen LogP contribution in [-0.2, 0) is 4.79 Å². The molecule has 0 saturated heterocycles. The first kappa shape index (κ1) is 15.8. The molecule has 0 fully saturated rings. The molecule has 2 aromatic rings. The molecule has 116 valence electrons. The monoisotopic (exact) mass is 300 g/mol. The van der Waals surface area contributed by atoms with Gasteiger partial charge in [-0.3, -0.25) is 10.1 Å². The predicted molar refractivity (Wildman–Crippen MR) is 85.9 cm³/mol. The maximum atomic E-state index is 11.7. The van der Waals surface area contributed by atoms with Crippen LogP contribution in [0, 0.1) is 0 Å². The number of amides is 3. The highest BCUT2D eigenvalue weighted by molar-refractivity contribution is 5.95. The lowest BCUT2D eigenvalue weighted by molar-refractivity contribution is -0.121. The first-order valence-corrected chi connectivity index (χ1v) is 7.31. The third-order valence-corrected chi connectivity index (χ3v) is 3.35. The number of urea groups is 1. The largest absolute Gasteiger partial charge is 0.483 e. The van der Waals surface area contributed by atoms with E-state index in [9.17, 15) is 9.59 Å². The number of hydrogen-bond donors (Lipinski definition) is 2. The Labute approximate surface area is 129 Å². The van der Waals surface area contributed by atoms with Gasteiger partial charge in [-0.2, -0.15) is 0 Å². The van der Waals surface area contributed by atoms with Gasteiger partial charge in [-0.15, -0.1) is 0 Å². The quantitative estimate of drug-likeness (QED) is 0.892. The molecule has 0 aromatic heterocycles. The van der Waals surface area contributed by atoms with Crippen LogP contribution in [0.3, 0.4) is 0 Å². The van der Waals surface area contributed by atoms with Crippen LogP contribution >= 0.6 is 0 Å². The van der Waals surface area contributed by atoms with Crippen molar-refractivity contribution in [3.63, 3.8) is 0 Å². The molecule has 0 saturated carbocycles. The van der Waals surface area contributed by atoms with E-state index < -0.39 is 11.9 Å². The lowest BCUT2D eigenvalue weighted by Gasteiger charge is -2.12. The molecule has 0 bridgehead atoms. The summed E-state index contributed by atoms with van der Waals surface area (Å²) in [4.78, 5) is 23.3. The van der Waals surface area contributed by atoms with Crippen LogP contribution in [0.25, 0.3) is 10.8 Å². The zero-order chi connectivity index (χ0) is 15.9. The fourth-order valence-corrected chi connectivity index (χ4v) is 1.99. The molecule has 0 radical (unpaired) electrons. The van der Waals surface area contributed by atoms with Gasteiger partial charge in [-0.05, 0) is 24.8 Å². The molecule has 22 heavy (non-hydrogen) atoms. The fraction of sp³-hybridized carbons (Fsp3) is 0.294. The zero-order valence-electron chi connectivity index (χ0n) is 12.8.